The van der Waals surface area contributed by atoms with Crippen molar-refractivity contribution in [1.82, 2.24) is 0 Å². The average molecular weight is 208 g/mol. The van der Waals surface area contributed by atoms with Crippen LogP contribution in [0.5, 0.6) is 0 Å². The average Bonchev–Trinajstić information content (AvgIpc) is 2.26. The van der Waals surface area contributed by atoms with Crippen molar-refractivity contribution in [3.63, 3.8) is 0 Å². The summed E-state index contributed by atoms with van der Waals surface area (Å²) in [5, 5.41) is 19.2. The first-order valence-corrected chi connectivity index (χ1v) is 5.52. The molecule has 0 fully saturated rings. The van der Waals surface area contributed by atoms with Crippen LogP contribution in [-0.4, -0.2) is 16.3 Å². The maximum Gasteiger partial charge on any atom is 0.0815 e. The molecule has 0 saturated carbocycles. The van der Waals surface area contributed by atoms with E-state index in [-0.39, 0.29) is 12.0 Å². The zero-order valence-corrected chi connectivity index (χ0v) is 9.43. The Labute approximate surface area is 91.6 Å². The van der Waals surface area contributed by atoms with Gasteiger partial charge in [0.25, 0.3) is 0 Å². The Kier molecular flexibility index (Phi) is 4.79. The molecule has 0 aliphatic heterocycles. The highest BCUT2D eigenvalue weighted by Crippen LogP contribution is 2.25. The highest BCUT2D eigenvalue weighted by Gasteiger charge is 2.16. The fraction of sp³-hybridized carbons (Fsp3) is 0.538. The second-order valence-electron chi connectivity index (χ2n) is 4.26. The van der Waals surface area contributed by atoms with Crippen LogP contribution in [-0.2, 0) is 0 Å². The van der Waals surface area contributed by atoms with E-state index in [4.69, 9.17) is 0 Å². The van der Waals surface area contributed by atoms with Gasteiger partial charge in [-0.1, -0.05) is 37.3 Å². The fourth-order valence-corrected chi connectivity index (χ4v) is 1.64. The van der Waals surface area contributed by atoms with Crippen LogP contribution in [0.2, 0.25) is 0 Å². The molecule has 0 aromatic heterocycles. The fourth-order valence-electron chi connectivity index (χ4n) is 1.64. The van der Waals surface area contributed by atoms with Gasteiger partial charge in [-0.15, -0.1) is 0 Å². The predicted molar refractivity (Wildman–Crippen MR) is 61.5 cm³/mol. The van der Waals surface area contributed by atoms with Crippen LogP contribution < -0.4 is 0 Å². The third-order valence-electron chi connectivity index (χ3n) is 2.72. The van der Waals surface area contributed by atoms with E-state index in [0.717, 1.165) is 18.4 Å². The number of aliphatic hydroxyl groups is 2. The Morgan fingerprint density at radius 3 is 2.13 bits per heavy atom. The van der Waals surface area contributed by atoms with Crippen LogP contribution in [0.25, 0.3) is 0 Å². The third-order valence-corrected chi connectivity index (χ3v) is 2.72. The topological polar surface area (TPSA) is 40.5 Å². The highest BCUT2D eigenvalue weighted by molar-refractivity contribution is 5.17. The predicted octanol–water partition coefficient (Wildman–Crippen LogP) is 2.52. The van der Waals surface area contributed by atoms with Gasteiger partial charge in [-0.2, -0.15) is 0 Å². The molecular formula is C13H20O2. The molecule has 1 aromatic carbocycles. The molecule has 0 aliphatic rings. The van der Waals surface area contributed by atoms with Crippen LogP contribution in [0, 0.1) is 5.92 Å². The van der Waals surface area contributed by atoms with Crippen molar-refractivity contribution in [2.75, 3.05) is 0 Å². The smallest absolute Gasteiger partial charge is 0.0815 e. The second-order valence-corrected chi connectivity index (χ2v) is 4.26. The number of hydrogen-bond acceptors (Lipinski definition) is 2. The summed E-state index contributed by atoms with van der Waals surface area (Å²) in [4.78, 5) is 0. The number of hydrogen-bond donors (Lipinski definition) is 2. The molecule has 84 valence electrons. The first-order chi connectivity index (χ1) is 7.11. The zero-order chi connectivity index (χ0) is 11.3. The standard InChI is InChI=1S/C13H20O2/c1-10(8-9-11(2)14)13(15)12-6-4-3-5-7-12/h3-7,10-11,13-15H,8-9H2,1-2H3. The molecule has 0 saturated heterocycles. The first kappa shape index (κ1) is 12.2. The van der Waals surface area contributed by atoms with Gasteiger partial charge in [0.2, 0.25) is 0 Å². The zero-order valence-electron chi connectivity index (χ0n) is 9.43. The maximum atomic E-state index is 10.0. The molecular weight excluding hydrogens is 188 g/mol. The molecule has 0 radical (unpaired) electrons. The van der Waals surface area contributed by atoms with Crippen molar-refractivity contribution in [3.05, 3.63) is 35.9 Å². The molecule has 3 atom stereocenters. The van der Waals surface area contributed by atoms with Gasteiger partial charge in [-0.05, 0) is 31.2 Å². The van der Waals surface area contributed by atoms with Crippen molar-refractivity contribution in [3.8, 4) is 0 Å². The van der Waals surface area contributed by atoms with E-state index in [1.54, 1.807) is 6.92 Å². The SMILES string of the molecule is CC(O)CCC(C)C(O)c1ccccc1. The monoisotopic (exact) mass is 208 g/mol. The summed E-state index contributed by atoms with van der Waals surface area (Å²) < 4.78 is 0. The highest BCUT2D eigenvalue weighted by atomic mass is 16.3. The molecule has 0 bridgehead atoms. The summed E-state index contributed by atoms with van der Waals surface area (Å²) in [5.74, 6) is 0.182. The van der Waals surface area contributed by atoms with Gasteiger partial charge < -0.3 is 10.2 Å². The minimum atomic E-state index is -0.426. The lowest BCUT2D eigenvalue weighted by atomic mass is 9.92. The van der Waals surface area contributed by atoms with Crippen LogP contribution in [0.1, 0.15) is 38.4 Å². The van der Waals surface area contributed by atoms with E-state index in [0.29, 0.717) is 0 Å². The van der Waals surface area contributed by atoms with Crippen LogP contribution in [0.15, 0.2) is 30.3 Å². The van der Waals surface area contributed by atoms with Crippen molar-refractivity contribution in [2.45, 2.75) is 38.9 Å². The van der Waals surface area contributed by atoms with Crippen LogP contribution >= 0.6 is 0 Å². The van der Waals surface area contributed by atoms with Crippen molar-refractivity contribution in [2.24, 2.45) is 5.92 Å². The summed E-state index contributed by atoms with van der Waals surface area (Å²) in [6, 6.07) is 9.67. The lowest BCUT2D eigenvalue weighted by molar-refractivity contribution is 0.0974. The van der Waals surface area contributed by atoms with Gasteiger partial charge in [-0.3, -0.25) is 0 Å². The van der Waals surface area contributed by atoms with E-state index < -0.39 is 6.10 Å². The normalized spacial score (nSPS) is 17.1. The van der Waals surface area contributed by atoms with Crippen molar-refractivity contribution < 1.29 is 10.2 Å². The van der Waals surface area contributed by atoms with E-state index in [1.807, 2.05) is 37.3 Å². The van der Waals surface area contributed by atoms with Gasteiger partial charge in [-0.25, -0.2) is 0 Å². The molecule has 0 amide bonds. The summed E-state index contributed by atoms with van der Waals surface area (Å²) in [6.45, 7) is 3.79. The van der Waals surface area contributed by atoms with E-state index in [9.17, 15) is 10.2 Å². The van der Waals surface area contributed by atoms with E-state index in [2.05, 4.69) is 0 Å². The van der Waals surface area contributed by atoms with Crippen molar-refractivity contribution in [1.29, 1.82) is 0 Å². The van der Waals surface area contributed by atoms with Crippen LogP contribution in [0.3, 0.4) is 0 Å². The third kappa shape index (κ3) is 4.02. The lowest BCUT2D eigenvalue weighted by Crippen LogP contribution is -2.11. The Hall–Kier alpha value is -0.860. The summed E-state index contributed by atoms with van der Waals surface area (Å²) >= 11 is 0. The van der Waals surface area contributed by atoms with Crippen LogP contribution in [0.4, 0.5) is 0 Å². The lowest BCUT2D eigenvalue weighted by Gasteiger charge is -2.19. The molecule has 2 heteroatoms. The summed E-state index contributed by atoms with van der Waals surface area (Å²) in [7, 11) is 0. The van der Waals surface area contributed by atoms with E-state index in [1.165, 1.54) is 0 Å². The molecule has 2 nitrogen and oxygen atoms in total. The molecule has 0 spiro atoms. The molecule has 1 rings (SSSR count). The molecule has 0 heterocycles. The maximum absolute atomic E-state index is 10.0. The Balaban J connectivity index is 2.49. The largest absolute Gasteiger partial charge is 0.393 e. The van der Waals surface area contributed by atoms with Gasteiger partial charge in [0.05, 0.1) is 12.2 Å². The Bertz CT molecular complexity index is 269. The molecule has 1 aromatic rings. The van der Waals surface area contributed by atoms with Gasteiger partial charge in [0, 0.05) is 0 Å². The molecule has 15 heavy (non-hydrogen) atoms. The number of rotatable bonds is 5. The Morgan fingerprint density at radius 2 is 1.60 bits per heavy atom. The van der Waals surface area contributed by atoms with Gasteiger partial charge in [0.15, 0.2) is 0 Å². The quantitative estimate of drug-likeness (QED) is 0.780. The molecule has 3 unspecified atom stereocenters. The Morgan fingerprint density at radius 1 is 1.00 bits per heavy atom. The molecule has 2 N–H and O–H groups in total. The first-order valence-electron chi connectivity index (χ1n) is 5.52. The minimum Gasteiger partial charge on any atom is -0.393 e. The van der Waals surface area contributed by atoms with Gasteiger partial charge in [0.1, 0.15) is 0 Å². The second kappa shape index (κ2) is 5.89. The van der Waals surface area contributed by atoms with Crippen molar-refractivity contribution >= 4 is 0 Å². The minimum absolute atomic E-state index is 0.182. The summed E-state index contributed by atoms with van der Waals surface area (Å²) in [6.07, 6.45) is 0.874. The van der Waals surface area contributed by atoms with Gasteiger partial charge >= 0.3 is 0 Å². The number of aliphatic hydroxyl groups excluding tert-OH is 2. The summed E-state index contributed by atoms with van der Waals surface area (Å²) in [5.41, 5.74) is 0.954. The number of benzene rings is 1. The molecule has 0 aliphatic carbocycles. The van der Waals surface area contributed by atoms with E-state index >= 15 is 0 Å².